The third-order valence-electron chi connectivity index (χ3n) is 3.82. The summed E-state index contributed by atoms with van der Waals surface area (Å²) in [6.07, 6.45) is -4.65. The second-order valence-corrected chi connectivity index (χ2v) is 5.59. The number of amides is 1. The van der Waals surface area contributed by atoms with Crippen LogP contribution in [0.5, 0.6) is 5.75 Å². The number of nitrogens with one attached hydrogen (secondary N) is 1. The summed E-state index contributed by atoms with van der Waals surface area (Å²) in [5.74, 6) is 0.318. The molecule has 4 N–H and O–H groups in total. The van der Waals surface area contributed by atoms with Crippen molar-refractivity contribution in [2.75, 3.05) is 13.7 Å². The summed E-state index contributed by atoms with van der Waals surface area (Å²) < 4.78 is 16.2. The van der Waals surface area contributed by atoms with Crippen LogP contribution >= 0.6 is 0 Å². The van der Waals surface area contributed by atoms with E-state index in [1.165, 1.54) is 6.92 Å². The molecule has 5 atom stereocenters. The summed E-state index contributed by atoms with van der Waals surface area (Å²) in [6.45, 7) is 0.969. The third-order valence-corrected chi connectivity index (χ3v) is 3.82. The predicted molar refractivity (Wildman–Crippen MR) is 83.1 cm³/mol. The Hall–Kier alpha value is -1.71. The van der Waals surface area contributed by atoms with Crippen LogP contribution in [0.1, 0.15) is 12.5 Å². The van der Waals surface area contributed by atoms with Crippen LogP contribution in [-0.4, -0.2) is 65.6 Å². The Morgan fingerprint density at radius 3 is 2.46 bits per heavy atom. The number of carbonyl (C=O) groups excluding carboxylic acids is 1. The zero-order valence-electron chi connectivity index (χ0n) is 13.6. The van der Waals surface area contributed by atoms with E-state index in [-0.39, 0.29) is 6.61 Å². The maximum atomic E-state index is 11.3. The number of benzene rings is 1. The Bertz CT molecular complexity index is 536. The van der Waals surface area contributed by atoms with Gasteiger partial charge in [-0.25, -0.2) is 0 Å². The summed E-state index contributed by atoms with van der Waals surface area (Å²) in [5.41, 5.74) is 0.835. The highest BCUT2D eigenvalue weighted by molar-refractivity contribution is 5.73. The van der Waals surface area contributed by atoms with E-state index in [1.807, 2.05) is 12.1 Å². The lowest BCUT2D eigenvalue weighted by Crippen LogP contribution is -2.64. The van der Waals surface area contributed by atoms with Gasteiger partial charge in [0.05, 0.1) is 20.3 Å². The summed E-state index contributed by atoms with van der Waals surface area (Å²) >= 11 is 0. The highest BCUT2D eigenvalue weighted by Gasteiger charge is 2.45. The van der Waals surface area contributed by atoms with Crippen molar-refractivity contribution in [2.45, 2.75) is 44.2 Å². The van der Waals surface area contributed by atoms with Crippen LogP contribution in [0, 0.1) is 0 Å². The molecule has 1 saturated heterocycles. The molecule has 0 spiro atoms. The second kappa shape index (κ2) is 8.41. The quantitative estimate of drug-likeness (QED) is 0.533. The van der Waals surface area contributed by atoms with Crippen LogP contribution < -0.4 is 10.1 Å². The fraction of sp³-hybridized carbons (Fsp3) is 0.562. The summed E-state index contributed by atoms with van der Waals surface area (Å²) in [6, 6.07) is 6.23. The largest absolute Gasteiger partial charge is 0.497 e. The van der Waals surface area contributed by atoms with Gasteiger partial charge in [-0.3, -0.25) is 4.79 Å². The van der Waals surface area contributed by atoms with Crippen molar-refractivity contribution >= 4 is 5.91 Å². The monoisotopic (exact) mass is 341 g/mol. The minimum Gasteiger partial charge on any atom is -0.497 e. The maximum absolute atomic E-state index is 11.3. The zero-order valence-corrected chi connectivity index (χ0v) is 13.6. The van der Waals surface area contributed by atoms with Gasteiger partial charge >= 0.3 is 0 Å². The minimum absolute atomic E-state index is 0.158. The molecule has 1 aromatic rings. The SMILES string of the molecule is COc1ccc(CO[C@@H]2O[C@H](CO)[C@H](O)[C@@H](O)[C@H]2NC(C)=O)cc1. The molecule has 1 aliphatic rings. The molecule has 1 heterocycles. The Morgan fingerprint density at radius 2 is 1.92 bits per heavy atom. The van der Waals surface area contributed by atoms with Crippen LogP contribution in [0.3, 0.4) is 0 Å². The third kappa shape index (κ3) is 4.43. The van der Waals surface area contributed by atoms with Crippen molar-refractivity contribution < 1.29 is 34.3 Å². The molecular weight excluding hydrogens is 318 g/mol. The number of carbonyl (C=O) groups is 1. The van der Waals surface area contributed by atoms with Gasteiger partial charge in [0, 0.05) is 6.92 Å². The topological polar surface area (TPSA) is 117 Å². The van der Waals surface area contributed by atoms with E-state index < -0.39 is 43.2 Å². The Kier molecular flexibility index (Phi) is 6.52. The minimum atomic E-state index is -1.33. The van der Waals surface area contributed by atoms with Crippen LogP contribution in [0.15, 0.2) is 24.3 Å². The lowest BCUT2D eigenvalue weighted by atomic mass is 9.97. The lowest BCUT2D eigenvalue weighted by molar-refractivity contribution is -0.273. The normalized spacial score (nSPS) is 30.0. The second-order valence-electron chi connectivity index (χ2n) is 5.59. The van der Waals surface area contributed by atoms with Crippen LogP contribution in [0.2, 0.25) is 0 Å². The van der Waals surface area contributed by atoms with E-state index in [2.05, 4.69) is 5.32 Å². The van der Waals surface area contributed by atoms with E-state index >= 15 is 0 Å². The number of ether oxygens (including phenoxy) is 3. The van der Waals surface area contributed by atoms with Crippen molar-refractivity contribution in [1.82, 2.24) is 5.32 Å². The Morgan fingerprint density at radius 1 is 1.25 bits per heavy atom. The maximum Gasteiger partial charge on any atom is 0.217 e. The average molecular weight is 341 g/mol. The molecule has 1 aliphatic heterocycles. The smallest absolute Gasteiger partial charge is 0.217 e. The molecule has 0 bridgehead atoms. The summed E-state index contributed by atoms with van der Waals surface area (Å²) in [7, 11) is 1.57. The molecule has 0 radical (unpaired) electrons. The standard InChI is InChI=1S/C16H23NO7/c1-9(19)17-13-15(21)14(20)12(7-18)24-16(13)23-8-10-3-5-11(22-2)6-4-10/h3-6,12-16,18,20-21H,7-8H2,1-2H3,(H,17,19)/t12-,13-,14+,15+,16-/m1/s1. The lowest BCUT2D eigenvalue weighted by Gasteiger charge is -2.42. The van der Waals surface area contributed by atoms with Crippen molar-refractivity contribution in [2.24, 2.45) is 0 Å². The highest BCUT2D eigenvalue weighted by Crippen LogP contribution is 2.23. The van der Waals surface area contributed by atoms with Gasteiger partial charge in [0.2, 0.25) is 5.91 Å². The summed E-state index contributed by atoms with van der Waals surface area (Å²) in [4.78, 5) is 11.3. The highest BCUT2D eigenvalue weighted by atomic mass is 16.7. The fourth-order valence-electron chi connectivity index (χ4n) is 2.51. The van der Waals surface area contributed by atoms with Crippen molar-refractivity contribution in [3.05, 3.63) is 29.8 Å². The molecule has 8 nitrogen and oxygen atoms in total. The van der Waals surface area contributed by atoms with Crippen LogP contribution in [-0.2, 0) is 20.9 Å². The molecular formula is C16H23NO7. The van der Waals surface area contributed by atoms with Crippen LogP contribution in [0.4, 0.5) is 0 Å². The van der Waals surface area contributed by atoms with Gasteiger partial charge in [0.1, 0.15) is 30.1 Å². The number of hydrogen-bond donors (Lipinski definition) is 4. The molecule has 2 rings (SSSR count). The van der Waals surface area contributed by atoms with Gasteiger partial charge in [0.15, 0.2) is 6.29 Å². The Balaban J connectivity index is 2.06. The number of hydrogen-bond acceptors (Lipinski definition) is 7. The van der Waals surface area contributed by atoms with E-state index in [1.54, 1.807) is 19.2 Å². The fourth-order valence-corrected chi connectivity index (χ4v) is 2.51. The van der Waals surface area contributed by atoms with Crippen molar-refractivity contribution in [3.63, 3.8) is 0 Å². The van der Waals surface area contributed by atoms with E-state index in [4.69, 9.17) is 14.2 Å². The first kappa shape index (κ1) is 18.6. The molecule has 0 unspecified atom stereocenters. The first-order valence-electron chi connectivity index (χ1n) is 7.60. The number of methoxy groups -OCH3 is 1. The van der Waals surface area contributed by atoms with Gasteiger partial charge in [-0.15, -0.1) is 0 Å². The molecule has 1 amide bonds. The molecule has 24 heavy (non-hydrogen) atoms. The molecule has 0 saturated carbocycles. The molecule has 0 aromatic heterocycles. The average Bonchev–Trinajstić information content (AvgIpc) is 2.58. The van der Waals surface area contributed by atoms with E-state index in [0.717, 1.165) is 5.56 Å². The first-order valence-corrected chi connectivity index (χ1v) is 7.60. The Labute approximate surface area is 140 Å². The van der Waals surface area contributed by atoms with E-state index in [9.17, 15) is 20.1 Å². The van der Waals surface area contributed by atoms with Gasteiger partial charge in [-0.05, 0) is 17.7 Å². The number of rotatable bonds is 6. The molecule has 8 heteroatoms. The van der Waals surface area contributed by atoms with Gasteiger partial charge in [-0.2, -0.15) is 0 Å². The van der Waals surface area contributed by atoms with Gasteiger partial charge in [-0.1, -0.05) is 12.1 Å². The molecule has 1 aromatic carbocycles. The van der Waals surface area contributed by atoms with Crippen LogP contribution in [0.25, 0.3) is 0 Å². The van der Waals surface area contributed by atoms with Gasteiger partial charge < -0.3 is 34.8 Å². The van der Waals surface area contributed by atoms with E-state index in [0.29, 0.717) is 5.75 Å². The zero-order chi connectivity index (χ0) is 17.7. The molecule has 0 aliphatic carbocycles. The van der Waals surface area contributed by atoms with Crippen molar-refractivity contribution in [3.8, 4) is 5.75 Å². The van der Waals surface area contributed by atoms with Crippen molar-refractivity contribution in [1.29, 1.82) is 0 Å². The summed E-state index contributed by atoms with van der Waals surface area (Å²) in [5, 5.41) is 31.9. The predicted octanol–water partition coefficient (Wildman–Crippen LogP) is -0.844. The molecule has 134 valence electrons. The van der Waals surface area contributed by atoms with Gasteiger partial charge in [0.25, 0.3) is 0 Å². The first-order chi connectivity index (χ1) is 11.5. The number of aliphatic hydroxyl groups is 3. The number of aliphatic hydroxyl groups excluding tert-OH is 3. The molecule has 1 fully saturated rings.